The Morgan fingerprint density at radius 1 is 1.00 bits per heavy atom. The van der Waals surface area contributed by atoms with E-state index < -0.39 is 6.67 Å². The highest BCUT2D eigenvalue weighted by Gasteiger charge is 2.09. The summed E-state index contributed by atoms with van der Waals surface area (Å²) in [4.78, 5) is 0. The molecule has 0 fully saturated rings. The Morgan fingerprint density at radius 3 is 2.29 bits per heavy atom. The normalized spacial score (nSPS) is 10.5. The molecular weight excluding hydrogens is 222 g/mol. The van der Waals surface area contributed by atoms with Crippen LogP contribution in [0, 0.1) is 5.82 Å². The molecule has 0 aliphatic carbocycles. The zero-order valence-electron chi connectivity index (χ0n) is 9.16. The maximum absolute atomic E-state index is 13.0. The van der Waals surface area contributed by atoms with Gasteiger partial charge in [0.25, 0.3) is 0 Å². The molecule has 0 atom stereocenters. The summed E-state index contributed by atoms with van der Waals surface area (Å²) in [6.07, 6.45) is 0. The van der Waals surface area contributed by atoms with Crippen molar-refractivity contribution in [2.75, 3.05) is 0 Å². The van der Waals surface area contributed by atoms with Gasteiger partial charge in [0.15, 0.2) is 0 Å². The van der Waals surface area contributed by atoms with Crippen LogP contribution in [-0.4, -0.2) is 5.11 Å². The van der Waals surface area contributed by atoms with Gasteiger partial charge in [0.05, 0.1) is 6.61 Å². The summed E-state index contributed by atoms with van der Waals surface area (Å²) in [5.74, 6) is -0.325. The van der Waals surface area contributed by atoms with Gasteiger partial charge in [-0.05, 0) is 34.4 Å². The van der Waals surface area contributed by atoms with Gasteiger partial charge in [0.1, 0.15) is 12.5 Å². The lowest BCUT2D eigenvalue weighted by Crippen LogP contribution is -1.95. The van der Waals surface area contributed by atoms with Crippen LogP contribution < -0.4 is 0 Å². The van der Waals surface area contributed by atoms with E-state index in [9.17, 15) is 8.78 Å². The van der Waals surface area contributed by atoms with E-state index >= 15 is 0 Å². The van der Waals surface area contributed by atoms with Crippen molar-refractivity contribution in [2.24, 2.45) is 0 Å². The van der Waals surface area contributed by atoms with Crippen LogP contribution in [0.3, 0.4) is 0 Å². The Bertz CT molecular complexity index is 506. The summed E-state index contributed by atoms with van der Waals surface area (Å²) in [6.45, 7) is -0.849. The predicted molar refractivity (Wildman–Crippen MR) is 62.6 cm³/mol. The van der Waals surface area contributed by atoms with Gasteiger partial charge in [-0.25, -0.2) is 8.78 Å². The van der Waals surface area contributed by atoms with E-state index in [1.165, 1.54) is 12.1 Å². The molecule has 2 rings (SSSR count). The minimum absolute atomic E-state index is 0.200. The molecule has 88 valence electrons. The monoisotopic (exact) mass is 234 g/mol. The van der Waals surface area contributed by atoms with Crippen molar-refractivity contribution >= 4 is 0 Å². The highest BCUT2D eigenvalue weighted by atomic mass is 19.1. The molecule has 0 radical (unpaired) electrons. The summed E-state index contributed by atoms with van der Waals surface area (Å²) in [6, 6.07) is 11.1. The molecule has 0 bridgehead atoms. The van der Waals surface area contributed by atoms with E-state index in [4.69, 9.17) is 5.11 Å². The Balaban J connectivity index is 2.54. The Hall–Kier alpha value is -1.74. The topological polar surface area (TPSA) is 20.2 Å². The second-order valence-corrected chi connectivity index (χ2v) is 3.74. The molecule has 0 saturated heterocycles. The SMILES string of the molecule is OCc1cccc(-c2ccc(F)cc2)c1CF. The number of rotatable bonds is 3. The van der Waals surface area contributed by atoms with Crippen molar-refractivity contribution < 1.29 is 13.9 Å². The van der Waals surface area contributed by atoms with E-state index in [1.54, 1.807) is 30.3 Å². The maximum atomic E-state index is 13.0. The van der Waals surface area contributed by atoms with E-state index in [-0.39, 0.29) is 12.4 Å². The summed E-state index contributed by atoms with van der Waals surface area (Å²) < 4.78 is 25.8. The highest BCUT2D eigenvalue weighted by molar-refractivity contribution is 5.68. The molecule has 0 heterocycles. The third-order valence-corrected chi connectivity index (χ3v) is 2.73. The molecule has 17 heavy (non-hydrogen) atoms. The van der Waals surface area contributed by atoms with Crippen LogP contribution >= 0.6 is 0 Å². The van der Waals surface area contributed by atoms with Crippen molar-refractivity contribution in [1.82, 2.24) is 0 Å². The molecule has 0 amide bonds. The Labute approximate surface area is 98.3 Å². The Morgan fingerprint density at radius 2 is 1.71 bits per heavy atom. The van der Waals surface area contributed by atoms with E-state index in [0.29, 0.717) is 16.7 Å². The highest BCUT2D eigenvalue weighted by Crippen LogP contribution is 2.27. The minimum Gasteiger partial charge on any atom is -0.392 e. The van der Waals surface area contributed by atoms with Gasteiger partial charge in [-0.15, -0.1) is 0 Å². The van der Waals surface area contributed by atoms with Gasteiger partial charge >= 0.3 is 0 Å². The minimum atomic E-state index is -0.649. The summed E-state index contributed by atoms with van der Waals surface area (Å²) >= 11 is 0. The van der Waals surface area contributed by atoms with Crippen LogP contribution in [0.25, 0.3) is 11.1 Å². The molecule has 0 spiro atoms. The van der Waals surface area contributed by atoms with E-state index in [2.05, 4.69) is 0 Å². The molecule has 0 aromatic heterocycles. The number of alkyl halides is 1. The number of benzene rings is 2. The summed E-state index contributed by atoms with van der Waals surface area (Å²) in [7, 11) is 0. The van der Waals surface area contributed by atoms with Crippen LogP contribution in [-0.2, 0) is 13.3 Å². The molecule has 1 nitrogen and oxygen atoms in total. The number of aliphatic hydroxyl groups excluding tert-OH is 1. The summed E-state index contributed by atoms with van der Waals surface area (Å²) in [5, 5.41) is 9.14. The first kappa shape index (κ1) is 11.7. The van der Waals surface area contributed by atoms with Crippen LogP contribution in [0.5, 0.6) is 0 Å². The number of halogens is 2. The first-order valence-electron chi connectivity index (χ1n) is 5.29. The van der Waals surface area contributed by atoms with Crippen molar-refractivity contribution in [3.63, 3.8) is 0 Å². The van der Waals surface area contributed by atoms with Gasteiger partial charge in [0, 0.05) is 0 Å². The van der Waals surface area contributed by atoms with Crippen molar-refractivity contribution in [1.29, 1.82) is 0 Å². The number of hydrogen-bond donors (Lipinski definition) is 1. The molecule has 2 aromatic carbocycles. The largest absolute Gasteiger partial charge is 0.392 e. The van der Waals surface area contributed by atoms with Crippen molar-refractivity contribution in [2.45, 2.75) is 13.3 Å². The van der Waals surface area contributed by atoms with Crippen molar-refractivity contribution in [3.8, 4) is 11.1 Å². The standard InChI is InChI=1S/C14H12F2O/c15-8-14-11(9-17)2-1-3-13(14)10-4-6-12(16)7-5-10/h1-7,17H,8-9H2. The fourth-order valence-electron chi connectivity index (χ4n) is 1.84. The molecular formula is C14H12F2O. The molecule has 0 saturated carbocycles. The molecule has 3 heteroatoms. The fourth-order valence-corrected chi connectivity index (χ4v) is 1.84. The fraction of sp³-hybridized carbons (Fsp3) is 0.143. The van der Waals surface area contributed by atoms with Gasteiger partial charge in [0.2, 0.25) is 0 Å². The van der Waals surface area contributed by atoms with E-state index in [0.717, 1.165) is 5.56 Å². The van der Waals surface area contributed by atoms with Crippen LogP contribution in [0.4, 0.5) is 8.78 Å². The number of aliphatic hydroxyl groups is 1. The second-order valence-electron chi connectivity index (χ2n) is 3.74. The molecule has 0 unspecified atom stereocenters. The van der Waals surface area contributed by atoms with Crippen molar-refractivity contribution in [3.05, 3.63) is 59.4 Å². The third-order valence-electron chi connectivity index (χ3n) is 2.73. The lowest BCUT2D eigenvalue weighted by molar-refractivity contribution is 0.279. The quantitative estimate of drug-likeness (QED) is 0.862. The van der Waals surface area contributed by atoms with E-state index in [1.807, 2.05) is 0 Å². The lowest BCUT2D eigenvalue weighted by Gasteiger charge is -2.10. The summed E-state index contributed by atoms with van der Waals surface area (Å²) in [5.41, 5.74) is 2.46. The lowest BCUT2D eigenvalue weighted by atomic mass is 9.96. The third kappa shape index (κ3) is 2.34. The zero-order valence-corrected chi connectivity index (χ0v) is 9.16. The molecule has 1 N–H and O–H groups in total. The molecule has 2 aromatic rings. The average Bonchev–Trinajstić information content (AvgIpc) is 2.38. The van der Waals surface area contributed by atoms with Gasteiger partial charge < -0.3 is 5.11 Å². The van der Waals surface area contributed by atoms with Gasteiger partial charge in [-0.3, -0.25) is 0 Å². The predicted octanol–water partition coefficient (Wildman–Crippen LogP) is 3.45. The first-order valence-corrected chi connectivity index (χ1v) is 5.29. The maximum Gasteiger partial charge on any atom is 0.123 e. The average molecular weight is 234 g/mol. The van der Waals surface area contributed by atoms with Crippen LogP contribution in [0.1, 0.15) is 11.1 Å². The smallest absolute Gasteiger partial charge is 0.123 e. The second kappa shape index (κ2) is 5.06. The van der Waals surface area contributed by atoms with Crippen LogP contribution in [0.2, 0.25) is 0 Å². The first-order chi connectivity index (χ1) is 8.26. The van der Waals surface area contributed by atoms with Gasteiger partial charge in [-0.1, -0.05) is 30.3 Å². The number of hydrogen-bond acceptors (Lipinski definition) is 1. The zero-order chi connectivity index (χ0) is 12.3. The molecule has 0 aliphatic heterocycles. The van der Waals surface area contributed by atoms with Crippen LogP contribution in [0.15, 0.2) is 42.5 Å². The Kier molecular flexibility index (Phi) is 3.49. The molecule has 0 aliphatic rings. The van der Waals surface area contributed by atoms with Gasteiger partial charge in [-0.2, -0.15) is 0 Å².